The van der Waals surface area contributed by atoms with Crippen LogP contribution in [-0.2, 0) is 124 Å². The van der Waals surface area contributed by atoms with Gasteiger partial charge in [0, 0.05) is 41.0 Å². The highest BCUT2D eigenvalue weighted by atomic mass is 16.8. The molecule has 10 saturated heterocycles. The van der Waals surface area contributed by atoms with E-state index >= 15 is 0 Å². The van der Waals surface area contributed by atoms with E-state index in [0.717, 1.165) is 34.6 Å². The molecule has 0 bridgehead atoms. The van der Waals surface area contributed by atoms with Gasteiger partial charge in [-0.1, -0.05) is 0 Å². The molecule has 0 aromatic carbocycles. The summed E-state index contributed by atoms with van der Waals surface area (Å²) in [5.41, 5.74) is 0. The number of carbonyl (C=O) groups is 6. The Morgan fingerprint density at radius 1 is 0.319 bits per heavy atom. The van der Waals surface area contributed by atoms with Crippen molar-refractivity contribution in [3.63, 3.8) is 0 Å². The van der Waals surface area contributed by atoms with Crippen LogP contribution in [-0.4, -0.2) is 563 Å². The quantitative estimate of drug-likeness (QED) is 0.0273. The number of hydrogen-bond donors (Lipinski definition) is 33. The summed E-state index contributed by atoms with van der Waals surface area (Å²) in [7, 11) is 0. The summed E-state index contributed by atoms with van der Waals surface area (Å²) >= 11 is 0. The first-order valence-electron chi connectivity index (χ1n) is 43.1. The van der Waals surface area contributed by atoms with E-state index in [9.17, 15) is 172 Å². The zero-order valence-corrected chi connectivity index (χ0v) is 73.4. The molecule has 135 heavy (non-hydrogen) atoms. The van der Waals surface area contributed by atoms with Crippen molar-refractivity contribution in [2.75, 3.05) is 66.1 Å². The van der Waals surface area contributed by atoms with Gasteiger partial charge in [0.15, 0.2) is 56.6 Å². The summed E-state index contributed by atoms with van der Waals surface area (Å²) in [6.07, 6.45) is -98.9. The van der Waals surface area contributed by atoms with Crippen LogP contribution in [0.4, 0.5) is 0 Å². The Bertz CT molecular complexity index is 3760. The summed E-state index contributed by atoms with van der Waals surface area (Å²) in [4.78, 5) is 77.3. The van der Waals surface area contributed by atoms with Crippen LogP contribution in [0.1, 0.15) is 54.9 Å². The van der Waals surface area contributed by atoms with Crippen LogP contribution in [0.25, 0.3) is 0 Å². The normalized spacial score (nSPS) is 46.5. The minimum Gasteiger partial charge on any atom is -0.477 e. The molecule has 33 N–H and O–H groups in total. The number of carbonyl (C=O) groups excluding carboxylic acids is 5. The third kappa shape index (κ3) is 25.4. The van der Waals surface area contributed by atoms with Crippen molar-refractivity contribution in [3.8, 4) is 0 Å². The molecular formula is C76H127N5O54. The van der Waals surface area contributed by atoms with E-state index < -0.39 is 426 Å². The second-order valence-corrected chi connectivity index (χ2v) is 34.3. The molecule has 5 amide bonds. The number of ether oxygens (including phenoxy) is 20. The number of amides is 5. The molecule has 0 saturated carbocycles. The predicted molar refractivity (Wildman–Crippen MR) is 419 cm³/mol. The van der Waals surface area contributed by atoms with Crippen LogP contribution in [0.15, 0.2) is 0 Å². The molecule has 10 aliphatic rings. The summed E-state index contributed by atoms with van der Waals surface area (Å²) in [6.45, 7) is -3.71. The van der Waals surface area contributed by atoms with Crippen molar-refractivity contribution in [2.24, 2.45) is 0 Å². The first kappa shape index (κ1) is 112. The highest BCUT2D eigenvalue weighted by Crippen LogP contribution is 2.42. The number of hydrogen-bond acceptors (Lipinski definition) is 53. The first-order chi connectivity index (χ1) is 63.7. The van der Waals surface area contributed by atoms with Gasteiger partial charge in [-0.2, -0.15) is 0 Å². The topological polar surface area (TPSA) is 914 Å². The number of nitrogens with one attached hydrogen (secondary N) is 5. The Balaban J connectivity index is 0.965. The molecular weight excluding hydrogens is 1850 g/mol. The fourth-order valence-corrected chi connectivity index (χ4v) is 17.3. The number of aliphatic carboxylic acids is 1. The van der Waals surface area contributed by atoms with Crippen LogP contribution in [0, 0.1) is 0 Å². The van der Waals surface area contributed by atoms with Gasteiger partial charge in [0.25, 0.3) is 5.79 Å². The number of carboxylic acid groups (broad SMARTS) is 1. The Morgan fingerprint density at radius 2 is 0.615 bits per heavy atom. The summed E-state index contributed by atoms with van der Waals surface area (Å²) < 4.78 is 120. The second-order valence-electron chi connectivity index (χ2n) is 34.3. The summed E-state index contributed by atoms with van der Waals surface area (Å²) in [5.74, 6) is -9.71. The van der Waals surface area contributed by atoms with Gasteiger partial charge >= 0.3 is 5.97 Å². The third-order valence-corrected chi connectivity index (χ3v) is 24.2. The third-order valence-electron chi connectivity index (χ3n) is 24.2. The predicted octanol–water partition coefficient (Wildman–Crippen LogP) is -21.4. The minimum atomic E-state index is -3.11. The summed E-state index contributed by atoms with van der Waals surface area (Å²) in [5, 5.41) is 327. The lowest BCUT2D eigenvalue weighted by Crippen LogP contribution is -2.71. The van der Waals surface area contributed by atoms with Crippen molar-refractivity contribution in [3.05, 3.63) is 0 Å². The molecule has 0 unspecified atom stereocenters. The minimum absolute atomic E-state index is 0.621. The van der Waals surface area contributed by atoms with Crippen molar-refractivity contribution in [1.29, 1.82) is 0 Å². The van der Waals surface area contributed by atoms with Gasteiger partial charge in [-0.25, -0.2) is 4.79 Å². The number of rotatable bonds is 38. The van der Waals surface area contributed by atoms with Gasteiger partial charge in [-0.15, -0.1) is 0 Å². The molecule has 59 heteroatoms. The molecule has 0 radical (unpaired) electrons. The maximum Gasteiger partial charge on any atom is 0.364 e. The van der Waals surface area contributed by atoms with E-state index in [2.05, 4.69) is 26.6 Å². The molecule has 51 atom stereocenters. The molecule has 0 aromatic rings. The van der Waals surface area contributed by atoms with Crippen molar-refractivity contribution >= 4 is 35.5 Å². The van der Waals surface area contributed by atoms with E-state index in [-0.39, 0.29) is 0 Å². The zero-order chi connectivity index (χ0) is 99.9. The largest absolute Gasteiger partial charge is 0.477 e. The maximum atomic E-state index is 13.3. The van der Waals surface area contributed by atoms with Crippen LogP contribution >= 0.6 is 0 Å². The summed E-state index contributed by atoms with van der Waals surface area (Å²) in [6, 6.07) is -9.17. The van der Waals surface area contributed by atoms with Crippen LogP contribution < -0.4 is 26.6 Å². The molecule has 0 aromatic heterocycles. The molecule has 0 aliphatic carbocycles. The van der Waals surface area contributed by atoms with Crippen molar-refractivity contribution < 1.29 is 266 Å². The first-order valence-corrected chi connectivity index (χ1v) is 43.1. The molecule has 0 spiro atoms. The Kier molecular flexibility index (Phi) is 40.5. The van der Waals surface area contributed by atoms with Gasteiger partial charge in [-0.3, -0.25) is 24.0 Å². The lowest BCUT2D eigenvalue weighted by Gasteiger charge is -2.51. The van der Waals surface area contributed by atoms with Gasteiger partial charge in [0.05, 0.1) is 84.3 Å². The molecule has 10 heterocycles. The average Bonchev–Trinajstić information content (AvgIpc) is 0.764. The van der Waals surface area contributed by atoms with Gasteiger partial charge in [0.2, 0.25) is 29.5 Å². The molecule has 10 aliphatic heterocycles. The van der Waals surface area contributed by atoms with Gasteiger partial charge in [0.1, 0.15) is 238 Å². The number of carboxylic acids is 1. The second kappa shape index (κ2) is 48.8. The van der Waals surface area contributed by atoms with Crippen LogP contribution in [0.3, 0.4) is 0 Å². The van der Waals surface area contributed by atoms with E-state index in [4.69, 9.17) is 94.7 Å². The zero-order valence-electron chi connectivity index (χ0n) is 73.4. The molecule has 10 fully saturated rings. The Hall–Kier alpha value is -5.06. The Labute approximate surface area is 765 Å². The molecule has 780 valence electrons. The molecule has 59 nitrogen and oxygen atoms in total. The molecule has 10 rings (SSSR count). The number of aliphatic hydroxyl groups excluding tert-OH is 27. The Morgan fingerprint density at radius 3 is 0.985 bits per heavy atom. The number of aliphatic hydroxyl groups is 27. The van der Waals surface area contributed by atoms with E-state index in [1.165, 1.54) is 0 Å². The maximum absolute atomic E-state index is 13.3. The smallest absolute Gasteiger partial charge is 0.364 e. The van der Waals surface area contributed by atoms with Crippen LogP contribution in [0.5, 0.6) is 0 Å². The fourth-order valence-electron chi connectivity index (χ4n) is 17.3. The SMILES string of the molecule is CC(=O)N[C@H]1[C@H](O[C@H]2[C@H](O)[C@@H](NC(C)=O)[C@H](OC(C)C)O[C@@H]2CO)O[C@H](CO)[C@@H](O[C@@H]2O[C@H](CO[C@H]3O[C@H](CO)[C@@H](O)[C@H](O)[C@@H]3O[C@@H]3O[C@H](CO)[C@@H](O[C@@H]4O[C@H](CO)[C@H](O)[C@H](O)[C@H]4O)[C@H](O)[C@H]3NC(C)=O)[C@@H](O)[C@H](O[C@H]3O[C@H](CO)[C@@H](O)[C@H](O)[C@@H]3O[C@@H]3O[C@H](CO)[C@@H](O[C@@H]4O[C@H](CO[C@]5(C(=O)O)C[C@H](O)[C@@H](NC(C)=O)[C@H]([C@H](O)[C@H](O)CO)O5)[C@H](O)[C@H](O)[C@H]4O)[C@H](O)[C@H]3NC(C)=O)[C@@H]2O)[C@@H]1O. The lowest BCUT2D eigenvalue weighted by molar-refractivity contribution is -0.399. The highest BCUT2D eigenvalue weighted by molar-refractivity contribution is 5.77. The van der Waals surface area contributed by atoms with E-state index in [1.807, 2.05) is 0 Å². The van der Waals surface area contributed by atoms with E-state index in [0.29, 0.717) is 0 Å². The van der Waals surface area contributed by atoms with E-state index in [1.54, 1.807) is 13.8 Å². The van der Waals surface area contributed by atoms with Crippen molar-refractivity contribution in [1.82, 2.24) is 26.6 Å². The lowest BCUT2D eigenvalue weighted by atomic mass is 9.88. The van der Waals surface area contributed by atoms with Gasteiger partial charge < -0.3 is 264 Å². The monoisotopic (exact) mass is 1970 g/mol. The average molecular weight is 1970 g/mol. The fraction of sp³-hybridized carbons (Fsp3) is 0.921. The highest BCUT2D eigenvalue weighted by Gasteiger charge is 2.63. The van der Waals surface area contributed by atoms with Crippen LogP contribution in [0.2, 0.25) is 0 Å². The standard InChI is InChI=1S/C76H127N5O54/c1-19(2)118-66-37(78-21(4)91)47(103)58(30(13-86)122-66)128-67-38(79-22(5)92)48(104)61(33(16-89)123-67)131-72-57(113)63(46(102)34(126-72)17-116-73-64(53(109)43(99)28(11-84)120-73)133-68-39(80-23(6)93)49(105)59(31(14-87)124-68)129-70-55(111)51(107)42(98)27(10-83)119-70)132-74-65(54(110)44(100)29(12-85)121-74)134-69-40(81-24(7)94)50(106)60(32(15-88)125-69)130-71-56(112)52(108)45(101)35(127-71)18-117-76(75(114)115)8-25(95)36(77-20(3)90)62(135-76)41(97)26(96)9-82/h19,25-74,82-89,95-113H,8-18H2,1-7H3,(H,77,90)(H,78,91)(H,79,92)(H,80,93)(H,81,94)(H,114,115)/t25-,26+,27+,28+,29+,30+,31+,32+,33+,34+,35+,36+,37+,38+,39+,40+,41+,42-,43+,44+,45-,46+,47+,48+,49+,50+,51-,52-,53-,54-,55+,56+,57-,58+,59+,60+,61+,62+,63-,64-,65-,66+,67-,68-,69-,70-,71-,72-,73-,74+,76+/m0/s1. The van der Waals surface area contributed by atoms with Gasteiger partial charge in [-0.05, 0) is 13.8 Å². The van der Waals surface area contributed by atoms with Crippen molar-refractivity contribution in [2.45, 2.75) is 373 Å².